The summed E-state index contributed by atoms with van der Waals surface area (Å²) < 4.78 is 27.5. The van der Waals surface area contributed by atoms with E-state index in [1.165, 1.54) is 0 Å². The van der Waals surface area contributed by atoms with Gasteiger partial charge in [0, 0.05) is 12.6 Å². The second kappa shape index (κ2) is 5.63. The molecule has 1 saturated heterocycles. The molecule has 2 atom stereocenters. The maximum absolute atomic E-state index is 14.1. The molecule has 2 unspecified atom stereocenters. The van der Waals surface area contributed by atoms with E-state index in [4.69, 9.17) is 0 Å². The van der Waals surface area contributed by atoms with Crippen LogP contribution in [0.25, 0.3) is 0 Å². The van der Waals surface area contributed by atoms with E-state index in [2.05, 4.69) is 0 Å². The van der Waals surface area contributed by atoms with Gasteiger partial charge < -0.3 is 10.0 Å². The maximum Gasteiger partial charge on any atom is 0.326 e. The van der Waals surface area contributed by atoms with Crippen LogP contribution in [0.2, 0.25) is 0 Å². The molecule has 1 aromatic rings. The third-order valence-electron chi connectivity index (χ3n) is 3.72. The first-order valence-electron chi connectivity index (χ1n) is 6.46. The van der Waals surface area contributed by atoms with E-state index >= 15 is 0 Å². The van der Waals surface area contributed by atoms with Crippen LogP contribution in [0.5, 0.6) is 0 Å². The Bertz CT molecular complexity index is 594. The van der Waals surface area contributed by atoms with E-state index in [1.54, 1.807) is 6.92 Å². The van der Waals surface area contributed by atoms with Gasteiger partial charge in [-0.1, -0.05) is 6.92 Å². The molecule has 21 heavy (non-hydrogen) atoms. The summed E-state index contributed by atoms with van der Waals surface area (Å²) in [6.07, 6.45) is 1.16. The molecule has 1 aliphatic heterocycles. The van der Waals surface area contributed by atoms with Crippen LogP contribution in [-0.4, -0.2) is 28.6 Å². The predicted octanol–water partition coefficient (Wildman–Crippen LogP) is 2.56. The van der Waals surface area contributed by atoms with Crippen molar-refractivity contribution in [3.63, 3.8) is 0 Å². The SMILES string of the molecule is CC1CCCN(c2c([N+](=O)[O-])ccc(F)c2F)C1C(=O)O. The number of aliphatic carboxylic acids is 1. The first-order chi connectivity index (χ1) is 9.84. The Morgan fingerprint density at radius 1 is 1.48 bits per heavy atom. The number of carboxylic acid groups (broad SMARTS) is 1. The largest absolute Gasteiger partial charge is 0.480 e. The second-order valence-electron chi connectivity index (χ2n) is 5.08. The second-order valence-corrected chi connectivity index (χ2v) is 5.08. The van der Waals surface area contributed by atoms with Crippen LogP contribution in [0.3, 0.4) is 0 Å². The van der Waals surface area contributed by atoms with Gasteiger partial charge in [0.25, 0.3) is 5.69 Å². The topological polar surface area (TPSA) is 83.7 Å². The lowest BCUT2D eigenvalue weighted by Crippen LogP contribution is -2.50. The molecule has 1 N–H and O–H groups in total. The number of anilines is 1. The zero-order valence-corrected chi connectivity index (χ0v) is 11.3. The van der Waals surface area contributed by atoms with E-state index in [1.807, 2.05) is 0 Å². The molecule has 1 heterocycles. The highest BCUT2D eigenvalue weighted by Gasteiger charge is 2.39. The number of rotatable bonds is 3. The van der Waals surface area contributed by atoms with Crippen LogP contribution in [0, 0.1) is 27.7 Å². The Hall–Kier alpha value is -2.25. The summed E-state index contributed by atoms with van der Waals surface area (Å²) in [4.78, 5) is 22.7. The summed E-state index contributed by atoms with van der Waals surface area (Å²) >= 11 is 0. The quantitative estimate of drug-likeness (QED) is 0.685. The van der Waals surface area contributed by atoms with Crippen LogP contribution in [-0.2, 0) is 4.79 Å². The number of nitro benzene ring substituents is 1. The minimum absolute atomic E-state index is 0.127. The van der Waals surface area contributed by atoms with Crippen LogP contribution < -0.4 is 4.90 Å². The van der Waals surface area contributed by atoms with Gasteiger partial charge in [0.2, 0.25) is 0 Å². The fraction of sp³-hybridized carbons (Fsp3) is 0.462. The molecule has 0 saturated carbocycles. The van der Waals surface area contributed by atoms with Gasteiger partial charge in [0.05, 0.1) is 4.92 Å². The van der Waals surface area contributed by atoms with Crippen molar-refractivity contribution in [2.75, 3.05) is 11.4 Å². The number of hydrogen-bond donors (Lipinski definition) is 1. The minimum atomic E-state index is -1.38. The molecular formula is C13H14F2N2O4. The van der Waals surface area contributed by atoms with Crippen LogP contribution >= 0.6 is 0 Å². The van der Waals surface area contributed by atoms with Crippen molar-refractivity contribution < 1.29 is 23.6 Å². The highest BCUT2D eigenvalue weighted by molar-refractivity contribution is 5.81. The summed E-state index contributed by atoms with van der Waals surface area (Å²) in [6.45, 7) is 1.80. The summed E-state index contributed by atoms with van der Waals surface area (Å²) in [6, 6.07) is 0.403. The maximum atomic E-state index is 14.1. The van der Waals surface area contributed by atoms with Crippen molar-refractivity contribution in [3.05, 3.63) is 33.9 Å². The molecule has 0 bridgehead atoms. The van der Waals surface area contributed by atoms with Gasteiger partial charge in [-0.05, 0) is 24.8 Å². The first kappa shape index (κ1) is 15.1. The highest BCUT2D eigenvalue weighted by Crippen LogP contribution is 2.37. The van der Waals surface area contributed by atoms with E-state index in [-0.39, 0.29) is 12.5 Å². The fourth-order valence-electron chi connectivity index (χ4n) is 2.77. The van der Waals surface area contributed by atoms with Crippen LogP contribution in [0.1, 0.15) is 19.8 Å². The molecule has 1 aromatic carbocycles. The molecule has 0 radical (unpaired) electrons. The molecule has 0 amide bonds. The lowest BCUT2D eigenvalue weighted by atomic mass is 9.90. The predicted molar refractivity (Wildman–Crippen MR) is 70.2 cm³/mol. The molecule has 114 valence electrons. The van der Waals surface area contributed by atoms with Crippen LogP contribution in [0.4, 0.5) is 20.2 Å². The Morgan fingerprint density at radius 3 is 2.71 bits per heavy atom. The van der Waals surface area contributed by atoms with E-state index < -0.39 is 39.9 Å². The highest BCUT2D eigenvalue weighted by atomic mass is 19.2. The average molecular weight is 300 g/mol. The number of halogens is 2. The van der Waals surface area contributed by atoms with Gasteiger partial charge in [-0.2, -0.15) is 0 Å². The monoisotopic (exact) mass is 300 g/mol. The minimum Gasteiger partial charge on any atom is -0.480 e. The van der Waals surface area contributed by atoms with Gasteiger partial charge in [-0.25, -0.2) is 13.6 Å². The number of nitrogens with zero attached hydrogens (tertiary/aromatic N) is 2. The summed E-state index contributed by atoms with van der Waals surface area (Å²) in [5.41, 5.74) is -1.21. The van der Waals surface area contributed by atoms with Gasteiger partial charge in [0.1, 0.15) is 6.04 Å². The molecule has 6 nitrogen and oxygen atoms in total. The van der Waals surface area contributed by atoms with E-state index in [9.17, 15) is 28.8 Å². The lowest BCUT2D eigenvalue weighted by Gasteiger charge is -2.38. The molecule has 0 aliphatic carbocycles. The van der Waals surface area contributed by atoms with Crippen molar-refractivity contribution in [2.45, 2.75) is 25.8 Å². The molecule has 2 rings (SSSR count). The zero-order chi connectivity index (χ0) is 15.7. The van der Waals surface area contributed by atoms with Crippen molar-refractivity contribution in [1.29, 1.82) is 0 Å². The third kappa shape index (κ3) is 2.65. The Balaban J connectivity index is 2.60. The van der Waals surface area contributed by atoms with Gasteiger partial charge >= 0.3 is 5.97 Å². The summed E-state index contributed by atoms with van der Waals surface area (Å²) in [7, 11) is 0. The normalized spacial score (nSPS) is 22.1. The van der Waals surface area contributed by atoms with Crippen molar-refractivity contribution in [1.82, 2.24) is 0 Å². The van der Waals surface area contributed by atoms with Crippen LogP contribution in [0.15, 0.2) is 12.1 Å². The number of nitro groups is 1. The summed E-state index contributed by atoms with van der Waals surface area (Å²) in [5.74, 6) is -4.15. The molecule has 8 heteroatoms. The van der Waals surface area contributed by atoms with Crippen molar-refractivity contribution in [3.8, 4) is 0 Å². The van der Waals surface area contributed by atoms with E-state index in [0.717, 1.165) is 11.0 Å². The van der Waals surface area contributed by atoms with E-state index in [0.29, 0.717) is 18.9 Å². The van der Waals surface area contributed by atoms with Crippen molar-refractivity contribution in [2.24, 2.45) is 5.92 Å². The smallest absolute Gasteiger partial charge is 0.326 e. The molecule has 0 spiro atoms. The Labute approximate surface area is 119 Å². The molecule has 1 fully saturated rings. The first-order valence-corrected chi connectivity index (χ1v) is 6.46. The average Bonchev–Trinajstić information content (AvgIpc) is 2.40. The van der Waals surface area contributed by atoms with Crippen molar-refractivity contribution >= 4 is 17.3 Å². The molecular weight excluding hydrogens is 286 g/mol. The zero-order valence-electron chi connectivity index (χ0n) is 11.3. The number of piperidine rings is 1. The number of carbonyl (C=O) groups is 1. The lowest BCUT2D eigenvalue weighted by molar-refractivity contribution is -0.384. The third-order valence-corrected chi connectivity index (χ3v) is 3.72. The number of benzene rings is 1. The molecule has 1 aliphatic rings. The summed E-state index contributed by atoms with van der Waals surface area (Å²) in [5, 5.41) is 20.3. The Morgan fingerprint density at radius 2 is 2.14 bits per heavy atom. The fourth-order valence-corrected chi connectivity index (χ4v) is 2.77. The van der Waals surface area contributed by atoms with Gasteiger partial charge in [0.15, 0.2) is 17.3 Å². The standard InChI is InChI=1S/C13H14F2N2O4/c1-7-3-2-6-16(11(7)13(18)19)12-9(17(20)21)5-4-8(14)10(12)15/h4-5,7,11H,2-3,6H2,1H3,(H,18,19). The van der Waals surface area contributed by atoms with Gasteiger partial charge in [-0.15, -0.1) is 0 Å². The number of hydrogen-bond acceptors (Lipinski definition) is 4. The Kier molecular flexibility index (Phi) is 4.06. The van der Waals surface area contributed by atoms with Gasteiger partial charge in [-0.3, -0.25) is 10.1 Å². The number of carboxylic acids is 1. The molecule has 0 aromatic heterocycles.